The van der Waals surface area contributed by atoms with Crippen LogP contribution in [-0.4, -0.2) is 15.3 Å². The highest BCUT2D eigenvalue weighted by molar-refractivity contribution is 5.89. The Kier molecular flexibility index (Phi) is 1.48. The molecule has 0 unspecified atom stereocenters. The Morgan fingerprint density at radius 2 is 1.54 bits per heavy atom. The van der Waals surface area contributed by atoms with Gasteiger partial charge in [0.1, 0.15) is 0 Å². The number of hydrogen-bond donors (Lipinski definition) is 3. The molecule has 0 aliphatic carbocycles. The summed E-state index contributed by atoms with van der Waals surface area (Å²) in [6.45, 7) is 0. The molecule has 0 saturated heterocycles. The topological polar surface area (TPSA) is 74.8 Å². The Morgan fingerprint density at radius 3 is 2.31 bits per heavy atom. The number of aromatic nitrogens is 1. The average Bonchev–Trinajstić information content (AvgIpc) is 2.09. The van der Waals surface area contributed by atoms with Crippen molar-refractivity contribution in [2.45, 2.75) is 0 Å². The maximum atomic E-state index is 9.36. The van der Waals surface area contributed by atoms with Crippen molar-refractivity contribution in [3.8, 4) is 17.2 Å². The number of phenolic OH excluding ortho intramolecular Hbond substituents is 2. The van der Waals surface area contributed by atoms with Crippen molar-refractivity contribution in [2.24, 2.45) is 0 Å². The number of aromatic hydroxyl groups is 3. The number of benzene rings is 1. The van der Waals surface area contributed by atoms with Crippen LogP contribution in [0, 0.1) is 0 Å². The lowest BCUT2D eigenvalue weighted by molar-refractivity contribution is -0.376. The van der Waals surface area contributed by atoms with Crippen molar-refractivity contribution < 1.29 is 20.3 Å². The Morgan fingerprint density at radius 1 is 0.846 bits per heavy atom. The van der Waals surface area contributed by atoms with Crippen LogP contribution in [0.4, 0.5) is 0 Å². The largest absolute Gasteiger partial charge is 0.504 e. The number of phenols is 2. The Hall–Kier alpha value is -1.97. The van der Waals surface area contributed by atoms with Gasteiger partial charge in [0.15, 0.2) is 23.4 Å². The highest BCUT2D eigenvalue weighted by Crippen LogP contribution is 2.32. The van der Waals surface area contributed by atoms with Crippen LogP contribution in [0.15, 0.2) is 24.5 Å². The highest BCUT2D eigenvalue weighted by atomic mass is 16.3. The van der Waals surface area contributed by atoms with Crippen molar-refractivity contribution >= 4 is 10.8 Å². The van der Waals surface area contributed by atoms with Crippen molar-refractivity contribution in [1.29, 1.82) is 0 Å². The van der Waals surface area contributed by atoms with E-state index in [1.165, 1.54) is 18.3 Å². The number of rotatable bonds is 0. The molecule has 13 heavy (non-hydrogen) atoms. The first kappa shape index (κ1) is 7.67. The second-order valence-corrected chi connectivity index (χ2v) is 2.77. The fourth-order valence-electron chi connectivity index (χ4n) is 1.22. The van der Waals surface area contributed by atoms with Gasteiger partial charge in [-0.05, 0) is 12.1 Å². The second kappa shape index (κ2) is 2.52. The van der Waals surface area contributed by atoms with Gasteiger partial charge in [0.05, 0.1) is 5.39 Å². The van der Waals surface area contributed by atoms with E-state index in [0.717, 1.165) is 0 Å². The number of fused-ring (bicyclic) bond motifs is 1. The maximum absolute atomic E-state index is 9.36. The molecule has 4 nitrogen and oxygen atoms in total. The van der Waals surface area contributed by atoms with Crippen LogP contribution in [0.25, 0.3) is 10.8 Å². The standard InChI is InChI=1S/C9H7NO3/c11-7-1-5-3-10-4-9(13)6(5)2-8(7)12/h1-4,11-13H/p+1. The maximum Gasteiger partial charge on any atom is 0.209 e. The normalized spacial score (nSPS) is 10.5. The summed E-state index contributed by atoms with van der Waals surface area (Å²) in [4.78, 5) is 2.71. The minimum Gasteiger partial charge on any atom is -0.504 e. The minimum atomic E-state index is -0.242. The van der Waals surface area contributed by atoms with E-state index in [1.807, 2.05) is 0 Å². The Balaban J connectivity index is 2.89. The van der Waals surface area contributed by atoms with Crippen LogP contribution in [0.5, 0.6) is 17.2 Å². The fourth-order valence-corrected chi connectivity index (χ4v) is 1.22. The molecule has 1 aromatic carbocycles. The molecule has 0 radical (unpaired) electrons. The van der Waals surface area contributed by atoms with Crippen LogP contribution in [0.2, 0.25) is 0 Å². The highest BCUT2D eigenvalue weighted by Gasteiger charge is 2.07. The molecule has 0 bridgehead atoms. The average molecular weight is 178 g/mol. The van der Waals surface area contributed by atoms with E-state index in [1.54, 1.807) is 6.20 Å². The molecule has 2 aromatic rings. The van der Waals surface area contributed by atoms with E-state index in [-0.39, 0.29) is 17.2 Å². The predicted molar refractivity (Wildman–Crippen MR) is 45.5 cm³/mol. The van der Waals surface area contributed by atoms with E-state index in [0.29, 0.717) is 10.8 Å². The van der Waals surface area contributed by atoms with Gasteiger partial charge in [-0.1, -0.05) is 0 Å². The Bertz CT molecular complexity index is 468. The molecule has 1 aromatic heterocycles. The number of aromatic amines is 1. The van der Waals surface area contributed by atoms with Crippen LogP contribution in [0.1, 0.15) is 0 Å². The van der Waals surface area contributed by atoms with E-state index in [4.69, 9.17) is 5.11 Å². The van der Waals surface area contributed by atoms with E-state index in [2.05, 4.69) is 4.98 Å². The molecule has 0 aliphatic heterocycles. The van der Waals surface area contributed by atoms with E-state index >= 15 is 0 Å². The zero-order valence-corrected chi connectivity index (χ0v) is 6.65. The molecule has 0 amide bonds. The summed E-state index contributed by atoms with van der Waals surface area (Å²) in [5, 5.41) is 28.8. The summed E-state index contributed by atoms with van der Waals surface area (Å²) in [6, 6.07) is 2.69. The predicted octanol–water partition coefficient (Wildman–Crippen LogP) is 0.771. The van der Waals surface area contributed by atoms with Crippen LogP contribution >= 0.6 is 0 Å². The van der Waals surface area contributed by atoms with Gasteiger partial charge in [0, 0.05) is 5.39 Å². The quantitative estimate of drug-likeness (QED) is 0.521. The van der Waals surface area contributed by atoms with Crippen molar-refractivity contribution in [3.05, 3.63) is 24.5 Å². The summed E-state index contributed by atoms with van der Waals surface area (Å²) in [7, 11) is 0. The van der Waals surface area contributed by atoms with Gasteiger partial charge >= 0.3 is 0 Å². The van der Waals surface area contributed by atoms with Crippen LogP contribution in [-0.2, 0) is 0 Å². The smallest absolute Gasteiger partial charge is 0.209 e. The molecule has 4 N–H and O–H groups in total. The van der Waals surface area contributed by atoms with Crippen molar-refractivity contribution in [1.82, 2.24) is 0 Å². The molecule has 0 fully saturated rings. The second-order valence-electron chi connectivity index (χ2n) is 2.77. The summed E-state index contributed by atoms with van der Waals surface area (Å²) < 4.78 is 0. The molecule has 2 rings (SSSR count). The lowest BCUT2D eigenvalue weighted by Gasteiger charge is -1.99. The Labute approximate surface area is 73.7 Å². The van der Waals surface area contributed by atoms with Gasteiger partial charge in [0.25, 0.3) is 0 Å². The van der Waals surface area contributed by atoms with Gasteiger partial charge in [-0.3, -0.25) is 0 Å². The lowest BCUT2D eigenvalue weighted by atomic mass is 10.1. The molecule has 0 spiro atoms. The SMILES string of the molecule is Oc1cc2c[nH+]cc(O)c2cc1O. The summed E-state index contributed by atoms with van der Waals surface area (Å²) in [6.07, 6.45) is 3.02. The zero-order valence-electron chi connectivity index (χ0n) is 6.65. The first-order valence-electron chi connectivity index (χ1n) is 3.73. The number of H-pyrrole nitrogens is 1. The number of pyridine rings is 1. The first-order chi connectivity index (χ1) is 6.18. The van der Waals surface area contributed by atoms with Crippen molar-refractivity contribution in [2.75, 3.05) is 0 Å². The fraction of sp³-hybridized carbons (Fsp3) is 0. The summed E-state index contributed by atoms with van der Waals surface area (Å²) in [5.41, 5.74) is 0. The third kappa shape index (κ3) is 1.12. The van der Waals surface area contributed by atoms with Gasteiger partial charge in [0.2, 0.25) is 6.20 Å². The number of hydrogen-bond acceptors (Lipinski definition) is 3. The first-order valence-corrected chi connectivity index (χ1v) is 3.73. The molecule has 0 saturated carbocycles. The van der Waals surface area contributed by atoms with E-state index in [9.17, 15) is 10.2 Å². The van der Waals surface area contributed by atoms with Gasteiger partial charge in [-0.15, -0.1) is 0 Å². The van der Waals surface area contributed by atoms with Gasteiger partial charge in [-0.25, -0.2) is 4.98 Å². The van der Waals surface area contributed by atoms with Gasteiger partial charge in [-0.2, -0.15) is 0 Å². The molecular formula is C9H8NO3+. The monoisotopic (exact) mass is 178 g/mol. The minimum absolute atomic E-state index is 0.0350. The van der Waals surface area contributed by atoms with Crippen molar-refractivity contribution in [3.63, 3.8) is 0 Å². The van der Waals surface area contributed by atoms with E-state index < -0.39 is 0 Å². The molecule has 1 heterocycles. The third-order valence-electron chi connectivity index (χ3n) is 1.88. The molecule has 0 aliphatic rings. The zero-order chi connectivity index (χ0) is 9.42. The summed E-state index contributed by atoms with van der Waals surface area (Å²) in [5.74, 6) is -0.409. The van der Waals surface area contributed by atoms with Crippen LogP contribution < -0.4 is 4.98 Å². The lowest BCUT2D eigenvalue weighted by Crippen LogP contribution is -1.97. The summed E-state index contributed by atoms with van der Waals surface area (Å²) >= 11 is 0. The van der Waals surface area contributed by atoms with Crippen LogP contribution in [0.3, 0.4) is 0 Å². The number of nitrogens with one attached hydrogen (secondary N) is 1. The molecule has 66 valence electrons. The molecular weight excluding hydrogens is 170 g/mol. The third-order valence-corrected chi connectivity index (χ3v) is 1.88. The van der Waals surface area contributed by atoms with Gasteiger partial charge < -0.3 is 15.3 Å². The molecule has 0 atom stereocenters. The molecule has 4 heteroatoms.